The zero-order valence-corrected chi connectivity index (χ0v) is 17.2. The van der Waals surface area contributed by atoms with Crippen LogP contribution in [-0.4, -0.2) is 20.8 Å². The Balaban J connectivity index is 1.66. The smallest absolute Gasteiger partial charge is 0.256 e. The van der Waals surface area contributed by atoms with E-state index in [0.717, 1.165) is 5.56 Å². The third kappa shape index (κ3) is 4.70. The molecule has 0 aliphatic carbocycles. The van der Waals surface area contributed by atoms with Gasteiger partial charge in [-0.1, -0.05) is 46.9 Å². The lowest BCUT2D eigenvalue weighted by Gasteiger charge is -2.21. The van der Waals surface area contributed by atoms with Crippen LogP contribution >= 0.6 is 34.8 Å². The van der Waals surface area contributed by atoms with E-state index >= 15 is 0 Å². The van der Waals surface area contributed by atoms with Gasteiger partial charge in [0.1, 0.15) is 10.7 Å². The van der Waals surface area contributed by atoms with Crippen molar-refractivity contribution in [1.29, 1.82) is 0 Å². The van der Waals surface area contributed by atoms with E-state index in [1.54, 1.807) is 41.3 Å². The molecule has 0 atom stereocenters. The molecule has 146 valence electrons. The van der Waals surface area contributed by atoms with Gasteiger partial charge in [0.15, 0.2) is 5.58 Å². The summed E-state index contributed by atoms with van der Waals surface area (Å²) in [5.74, 6) is 0.175. The number of rotatable bonds is 5. The summed E-state index contributed by atoms with van der Waals surface area (Å²) in [7, 11) is 0. The molecule has 4 rings (SSSR count). The molecule has 29 heavy (non-hydrogen) atoms. The molecular formula is C21H14Cl3N3O2. The SMILES string of the molecule is O=C(c1ccc(Cl)nc1)N(Cc1cccc(Cl)c1)Cc1nc2cc(Cl)ccc2o1. The number of hydrogen-bond donors (Lipinski definition) is 0. The molecule has 0 unspecified atom stereocenters. The van der Waals surface area contributed by atoms with E-state index in [1.165, 1.54) is 6.20 Å². The van der Waals surface area contributed by atoms with Crippen LogP contribution < -0.4 is 0 Å². The molecule has 0 aliphatic rings. The maximum Gasteiger partial charge on any atom is 0.256 e. The largest absolute Gasteiger partial charge is 0.439 e. The highest BCUT2D eigenvalue weighted by Crippen LogP contribution is 2.22. The van der Waals surface area contributed by atoms with Crippen molar-refractivity contribution in [1.82, 2.24) is 14.9 Å². The lowest BCUT2D eigenvalue weighted by molar-refractivity contribution is 0.0715. The first kappa shape index (κ1) is 19.7. The predicted molar refractivity (Wildman–Crippen MR) is 113 cm³/mol. The molecule has 8 heteroatoms. The summed E-state index contributed by atoms with van der Waals surface area (Å²) in [5.41, 5.74) is 2.53. The van der Waals surface area contributed by atoms with Crippen molar-refractivity contribution in [3.05, 3.63) is 93.0 Å². The first-order chi connectivity index (χ1) is 14.0. The maximum absolute atomic E-state index is 13.1. The van der Waals surface area contributed by atoms with Crippen molar-refractivity contribution in [2.75, 3.05) is 0 Å². The van der Waals surface area contributed by atoms with Gasteiger partial charge in [-0.25, -0.2) is 9.97 Å². The predicted octanol–water partition coefficient (Wildman–Crippen LogP) is 6.03. The molecule has 1 amide bonds. The standard InChI is InChI=1S/C21H14Cl3N3O2/c22-15-3-1-2-13(8-15)11-27(21(28)14-4-7-19(24)25-10-14)12-20-26-17-9-16(23)5-6-18(17)29-20/h1-10H,11-12H2. The second kappa shape index (κ2) is 8.41. The summed E-state index contributed by atoms with van der Waals surface area (Å²) >= 11 is 18.0. The molecule has 0 saturated carbocycles. The van der Waals surface area contributed by atoms with Crippen molar-refractivity contribution in [2.24, 2.45) is 0 Å². The second-order valence-corrected chi connectivity index (χ2v) is 7.64. The molecule has 0 bridgehead atoms. The molecular weight excluding hydrogens is 433 g/mol. The van der Waals surface area contributed by atoms with Crippen LogP contribution in [0, 0.1) is 0 Å². The summed E-state index contributed by atoms with van der Waals surface area (Å²) in [6.45, 7) is 0.488. The van der Waals surface area contributed by atoms with E-state index < -0.39 is 0 Å². The zero-order valence-electron chi connectivity index (χ0n) is 15.0. The quantitative estimate of drug-likeness (QED) is 0.351. The Morgan fingerprint density at radius 1 is 0.966 bits per heavy atom. The van der Waals surface area contributed by atoms with Crippen molar-refractivity contribution in [2.45, 2.75) is 13.1 Å². The number of carbonyl (C=O) groups is 1. The number of oxazole rings is 1. The average molecular weight is 447 g/mol. The molecule has 0 radical (unpaired) electrons. The van der Waals surface area contributed by atoms with E-state index in [1.807, 2.05) is 18.2 Å². The highest BCUT2D eigenvalue weighted by molar-refractivity contribution is 6.31. The molecule has 0 saturated heterocycles. The van der Waals surface area contributed by atoms with Crippen molar-refractivity contribution >= 4 is 51.8 Å². The summed E-state index contributed by atoms with van der Waals surface area (Å²) in [6, 6.07) is 15.7. The number of fused-ring (bicyclic) bond motifs is 1. The molecule has 2 aromatic carbocycles. The summed E-state index contributed by atoms with van der Waals surface area (Å²) in [4.78, 5) is 23.2. The van der Waals surface area contributed by atoms with Crippen molar-refractivity contribution < 1.29 is 9.21 Å². The first-order valence-electron chi connectivity index (χ1n) is 8.68. The molecule has 0 fully saturated rings. The zero-order chi connectivity index (χ0) is 20.4. The number of benzene rings is 2. The van der Waals surface area contributed by atoms with Crippen LogP contribution in [-0.2, 0) is 13.1 Å². The Morgan fingerprint density at radius 2 is 1.79 bits per heavy atom. The van der Waals surface area contributed by atoms with Gasteiger partial charge in [0.2, 0.25) is 5.89 Å². The van der Waals surface area contributed by atoms with E-state index in [9.17, 15) is 4.79 Å². The highest BCUT2D eigenvalue weighted by Gasteiger charge is 2.20. The van der Waals surface area contributed by atoms with Gasteiger partial charge in [0, 0.05) is 22.8 Å². The molecule has 2 aromatic heterocycles. The Hall–Kier alpha value is -2.60. The molecule has 4 aromatic rings. The van der Waals surface area contributed by atoms with E-state index in [4.69, 9.17) is 39.2 Å². The molecule has 0 spiro atoms. The van der Waals surface area contributed by atoms with Crippen LogP contribution in [0.3, 0.4) is 0 Å². The third-order valence-corrected chi connectivity index (χ3v) is 4.94. The van der Waals surface area contributed by atoms with E-state index in [-0.39, 0.29) is 12.5 Å². The molecule has 5 nitrogen and oxygen atoms in total. The van der Waals surface area contributed by atoms with Crippen LogP contribution in [0.2, 0.25) is 15.2 Å². The van der Waals surface area contributed by atoms with Gasteiger partial charge < -0.3 is 9.32 Å². The number of aromatic nitrogens is 2. The second-order valence-electron chi connectivity index (χ2n) is 6.38. The van der Waals surface area contributed by atoms with E-state index in [0.29, 0.717) is 44.3 Å². The number of amides is 1. The number of hydrogen-bond acceptors (Lipinski definition) is 4. The van der Waals surface area contributed by atoms with Crippen LogP contribution in [0.15, 0.2) is 65.2 Å². The van der Waals surface area contributed by atoms with Crippen LogP contribution in [0.25, 0.3) is 11.1 Å². The topological polar surface area (TPSA) is 59.2 Å². The minimum atomic E-state index is -0.227. The lowest BCUT2D eigenvalue weighted by Crippen LogP contribution is -2.30. The molecule has 2 heterocycles. The fourth-order valence-electron chi connectivity index (χ4n) is 2.92. The first-order valence-corrected chi connectivity index (χ1v) is 9.81. The van der Waals surface area contributed by atoms with Gasteiger partial charge in [-0.05, 0) is 48.0 Å². The minimum absolute atomic E-state index is 0.167. The minimum Gasteiger partial charge on any atom is -0.439 e. The number of halogens is 3. The third-order valence-electron chi connectivity index (χ3n) is 4.24. The van der Waals surface area contributed by atoms with Gasteiger partial charge in [0.25, 0.3) is 5.91 Å². The Bertz CT molecular complexity index is 1180. The number of pyridine rings is 1. The summed E-state index contributed by atoms with van der Waals surface area (Å²) in [6.07, 6.45) is 1.45. The summed E-state index contributed by atoms with van der Waals surface area (Å²) < 4.78 is 5.79. The number of nitrogens with zero attached hydrogens (tertiary/aromatic N) is 3. The van der Waals surface area contributed by atoms with Crippen LogP contribution in [0.1, 0.15) is 21.8 Å². The van der Waals surface area contributed by atoms with Gasteiger partial charge >= 0.3 is 0 Å². The Kier molecular flexibility index (Phi) is 5.72. The lowest BCUT2D eigenvalue weighted by atomic mass is 10.2. The highest BCUT2D eigenvalue weighted by atomic mass is 35.5. The Labute approximate surface area is 181 Å². The maximum atomic E-state index is 13.1. The molecule has 0 aliphatic heterocycles. The van der Waals surface area contributed by atoms with Gasteiger partial charge in [0.05, 0.1) is 12.1 Å². The van der Waals surface area contributed by atoms with Crippen LogP contribution in [0.5, 0.6) is 0 Å². The molecule has 0 N–H and O–H groups in total. The van der Waals surface area contributed by atoms with Gasteiger partial charge in [-0.3, -0.25) is 4.79 Å². The fraction of sp³-hybridized carbons (Fsp3) is 0.0952. The van der Waals surface area contributed by atoms with Gasteiger partial charge in [-0.15, -0.1) is 0 Å². The Morgan fingerprint density at radius 3 is 2.55 bits per heavy atom. The van der Waals surface area contributed by atoms with Crippen LogP contribution in [0.4, 0.5) is 0 Å². The van der Waals surface area contributed by atoms with Crippen molar-refractivity contribution in [3.8, 4) is 0 Å². The number of carbonyl (C=O) groups excluding carboxylic acids is 1. The fourth-order valence-corrected chi connectivity index (χ4v) is 3.41. The normalized spacial score (nSPS) is 11.0. The van der Waals surface area contributed by atoms with E-state index in [2.05, 4.69) is 9.97 Å². The average Bonchev–Trinajstić information content (AvgIpc) is 3.09. The monoisotopic (exact) mass is 445 g/mol. The van der Waals surface area contributed by atoms with Crippen molar-refractivity contribution in [3.63, 3.8) is 0 Å². The van der Waals surface area contributed by atoms with Gasteiger partial charge in [-0.2, -0.15) is 0 Å². The summed E-state index contributed by atoms with van der Waals surface area (Å²) in [5, 5.41) is 1.48.